The van der Waals surface area contributed by atoms with Crippen LogP contribution in [0.25, 0.3) is 10.8 Å². The molecule has 2 amide bonds. The molecule has 0 radical (unpaired) electrons. The number of carbonyl (C=O) groups is 6. The average Bonchev–Trinajstić information content (AvgIpc) is 3.74. The third-order valence-corrected chi connectivity index (χ3v) is 9.76. The van der Waals surface area contributed by atoms with Crippen molar-refractivity contribution in [3.8, 4) is 5.75 Å². The van der Waals surface area contributed by atoms with E-state index in [2.05, 4.69) is 15.9 Å². The number of carboxylic acids is 1. The smallest absolute Gasteiger partial charge is 0.411 e. The van der Waals surface area contributed by atoms with Crippen LogP contribution in [0.2, 0.25) is 0 Å². The van der Waals surface area contributed by atoms with Crippen LogP contribution in [0.3, 0.4) is 0 Å². The molecule has 270 valence electrons. The molecular weight excluding hydrogens is 728 g/mol. The Morgan fingerprint density at radius 3 is 2.35 bits per heavy atom. The highest BCUT2D eigenvalue weighted by molar-refractivity contribution is 9.10. The number of nitrogens with zero attached hydrogens (tertiary/aromatic N) is 2. The first-order chi connectivity index (χ1) is 24.1. The molecular formula is C37H39BrN2O11. The maximum absolute atomic E-state index is 13.3. The van der Waals surface area contributed by atoms with Gasteiger partial charge in [-0.25, -0.2) is 19.2 Å². The standard InChI is InChI=1S/C37H39BrN2O11/c1-36(2,3)51-35(48)39-15-5-8-28(39)32(43)50-21-30(42)24-11-13-27(38)25(18-24)20-49-31-9-4-7-22-17-23(10-12-26(22)31)29(41)19-37(33(44)45)14-6-16-40(37)34(46)47/h4,7,9-13,17-18,28H,5-6,8,14-16,19-21H2,1-3H3,(H,44,45)(H,46,47)/t28-,37?/m0/s1. The van der Waals surface area contributed by atoms with E-state index < -0.39 is 65.9 Å². The molecule has 2 aliphatic heterocycles. The van der Waals surface area contributed by atoms with Gasteiger partial charge in [-0.3, -0.25) is 19.4 Å². The average molecular weight is 768 g/mol. The normalized spacial score (nSPS) is 18.8. The van der Waals surface area contributed by atoms with Gasteiger partial charge in [-0.05, 0) is 82.2 Å². The van der Waals surface area contributed by atoms with E-state index in [0.717, 1.165) is 4.90 Å². The van der Waals surface area contributed by atoms with Gasteiger partial charge in [0.15, 0.2) is 23.7 Å². The number of halogens is 1. The van der Waals surface area contributed by atoms with Crippen molar-refractivity contribution < 1.29 is 53.2 Å². The number of Topliss-reactive ketones (excluding diaryl/α,β-unsaturated/α-hetero) is 2. The Morgan fingerprint density at radius 2 is 1.65 bits per heavy atom. The van der Waals surface area contributed by atoms with Gasteiger partial charge in [0.25, 0.3) is 0 Å². The largest absolute Gasteiger partial charge is 0.488 e. The SMILES string of the molecule is CC(C)(C)OC(=O)N1CCC[C@H]1C(=O)OCC(=O)c1ccc(Br)c(COc2cccc3cc(C(=O)CC4(C(=O)O)CCCN4C(=O)O)ccc23)c1. The van der Waals surface area contributed by atoms with Crippen LogP contribution in [0.4, 0.5) is 9.59 Å². The van der Waals surface area contributed by atoms with E-state index in [1.54, 1.807) is 75.4 Å². The molecule has 51 heavy (non-hydrogen) atoms. The van der Waals surface area contributed by atoms with Gasteiger partial charge >= 0.3 is 24.1 Å². The minimum absolute atomic E-state index is 0.0463. The van der Waals surface area contributed by atoms with E-state index in [0.29, 0.717) is 57.9 Å². The third kappa shape index (κ3) is 8.33. The summed E-state index contributed by atoms with van der Waals surface area (Å²) in [5.41, 5.74) is -1.35. The summed E-state index contributed by atoms with van der Waals surface area (Å²) in [5.74, 6) is -2.45. The molecule has 2 heterocycles. The summed E-state index contributed by atoms with van der Waals surface area (Å²) in [4.78, 5) is 77.8. The van der Waals surface area contributed by atoms with Gasteiger partial charge in [0.05, 0.1) is 0 Å². The molecule has 3 aromatic carbocycles. The fraction of sp³-hybridized carbons (Fsp3) is 0.405. The predicted molar refractivity (Wildman–Crippen MR) is 187 cm³/mol. The highest BCUT2D eigenvalue weighted by Crippen LogP contribution is 2.35. The fourth-order valence-corrected chi connectivity index (χ4v) is 6.80. The van der Waals surface area contributed by atoms with Crippen LogP contribution in [-0.2, 0) is 25.7 Å². The number of likely N-dealkylation sites (tertiary alicyclic amines) is 2. The van der Waals surface area contributed by atoms with Crippen LogP contribution in [0.5, 0.6) is 5.75 Å². The predicted octanol–water partition coefficient (Wildman–Crippen LogP) is 6.48. The second-order valence-electron chi connectivity index (χ2n) is 13.6. The number of ether oxygens (including phenoxy) is 3. The van der Waals surface area contributed by atoms with Gasteiger partial charge in [-0.2, -0.15) is 0 Å². The van der Waals surface area contributed by atoms with E-state index in [9.17, 15) is 39.0 Å². The molecule has 3 aromatic rings. The van der Waals surface area contributed by atoms with Crippen LogP contribution >= 0.6 is 15.9 Å². The zero-order valence-corrected chi connectivity index (χ0v) is 30.1. The summed E-state index contributed by atoms with van der Waals surface area (Å²) in [6, 6.07) is 14.2. The summed E-state index contributed by atoms with van der Waals surface area (Å²) in [6.07, 6.45) is -1.04. The number of hydrogen-bond donors (Lipinski definition) is 2. The van der Waals surface area contributed by atoms with Crippen molar-refractivity contribution in [3.63, 3.8) is 0 Å². The van der Waals surface area contributed by atoms with Crippen molar-refractivity contribution >= 4 is 62.4 Å². The molecule has 2 aliphatic rings. The minimum Gasteiger partial charge on any atom is -0.488 e. The van der Waals surface area contributed by atoms with Crippen molar-refractivity contribution in [1.29, 1.82) is 0 Å². The Labute approximate surface area is 302 Å². The Hall–Kier alpha value is -4.98. The number of esters is 1. The Kier molecular flexibility index (Phi) is 11.0. The maximum atomic E-state index is 13.3. The molecule has 2 atom stereocenters. The lowest BCUT2D eigenvalue weighted by Crippen LogP contribution is -2.53. The second kappa shape index (κ2) is 15.1. The molecule has 2 fully saturated rings. The molecule has 1 unspecified atom stereocenters. The van der Waals surface area contributed by atoms with Crippen molar-refractivity contribution in [2.45, 2.75) is 76.7 Å². The van der Waals surface area contributed by atoms with Crippen LogP contribution in [-0.4, -0.2) is 92.6 Å². The van der Waals surface area contributed by atoms with Gasteiger partial charge in [0.2, 0.25) is 0 Å². The summed E-state index contributed by atoms with van der Waals surface area (Å²) < 4.78 is 17.6. The number of amides is 2. The monoisotopic (exact) mass is 766 g/mol. The van der Waals surface area contributed by atoms with Crippen LogP contribution in [0, 0.1) is 0 Å². The zero-order valence-electron chi connectivity index (χ0n) is 28.5. The summed E-state index contributed by atoms with van der Waals surface area (Å²) in [5, 5.41) is 20.8. The number of carbonyl (C=O) groups excluding carboxylic acids is 4. The maximum Gasteiger partial charge on any atom is 0.411 e. The number of hydrogen-bond acceptors (Lipinski definition) is 9. The minimum atomic E-state index is -1.81. The lowest BCUT2D eigenvalue weighted by Gasteiger charge is -2.32. The quantitative estimate of drug-likeness (QED) is 0.161. The fourth-order valence-electron chi connectivity index (χ4n) is 6.44. The van der Waals surface area contributed by atoms with Gasteiger partial charge in [-0.1, -0.05) is 40.2 Å². The van der Waals surface area contributed by atoms with E-state index in [4.69, 9.17) is 14.2 Å². The van der Waals surface area contributed by atoms with E-state index >= 15 is 0 Å². The zero-order chi connectivity index (χ0) is 37.1. The van der Waals surface area contributed by atoms with E-state index in [1.807, 2.05) is 0 Å². The van der Waals surface area contributed by atoms with Crippen molar-refractivity contribution in [2.24, 2.45) is 0 Å². The second-order valence-corrected chi connectivity index (χ2v) is 14.5. The van der Waals surface area contributed by atoms with Gasteiger partial charge < -0.3 is 24.4 Å². The molecule has 0 aromatic heterocycles. The molecule has 2 saturated heterocycles. The first-order valence-corrected chi connectivity index (χ1v) is 17.3. The van der Waals surface area contributed by atoms with Gasteiger partial charge in [-0.15, -0.1) is 0 Å². The Bertz CT molecular complexity index is 1890. The van der Waals surface area contributed by atoms with Gasteiger partial charge in [0.1, 0.15) is 24.0 Å². The van der Waals surface area contributed by atoms with Crippen LogP contribution in [0.15, 0.2) is 59.1 Å². The number of ketones is 2. The van der Waals surface area contributed by atoms with Crippen molar-refractivity contribution in [1.82, 2.24) is 9.80 Å². The van der Waals surface area contributed by atoms with E-state index in [-0.39, 0.29) is 25.1 Å². The number of carboxylic acid groups (broad SMARTS) is 2. The molecule has 0 spiro atoms. The summed E-state index contributed by atoms with van der Waals surface area (Å²) >= 11 is 3.49. The molecule has 0 aliphatic carbocycles. The number of benzene rings is 3. The Morgan fingerprint density at radius 1 is 0.922 bits per heavy atom. The topological polar surface area (TPSA) is 177 Å². The first-order valence-electron chi connectivity index (χ1n) is 16.5. The highest BCUT2D eigenvalue weighted by atomic mass is 79.9. The molecule has 13 nitrogen and oxygen atoms in total. The third-order valence-electron chi connectivity index (χ3n) is 8.98. The lowest BCUT2D eigenvalue weighted by molar-refractivity contribution is -0.148. The molecule has 0 saturated carbocycles. The molecule has 14 heteroatoms. The Balaban J connectivity index is 1.23. The van der Waals surface area contributed by atoms with Crippen LogP contribution in [0.1, 0.15) is 79.2 Å². The summed E-state index contributed by atoms with van der Waals surface area (Å²) in [7, 11) is 0. The summed E-state index contributed by atoms with van der Waals surface area (Å²) in [6.45, 7) is 5.17. The van der Waals surface area contributed by atoms with Crippen molar-refractivity contribution in [2.75, 3.05) is 19.7 Å². The first kappa shape index (κ1) is 37.3. The number of rotatable bonds is 11. The molecule has 2 N–H and O–H groups in total. The lowest BCUT2D eigenvalue weighted by atomic mass is 9.87. The van der Waals surface area contributed by atoms with Crippen molar-refractivity contribution in [3.05, 3.63) is 75.8 Å². The number of aliphatic carboxylic acids is 1. The van der Waals surface area contributed by atoms with E-state index in [1.165, 1.54) is 4.90 Å². The van der Waals surface area contributed by atoms with Gasteiger partial charge in [0, 0.05) is 46.1 Å². The van der Waals surface area contributed by atoms with Crippen LogP contribution < -0.4 is 4.74 Å². The molecule has 5 rings (SSSR count). The number of fused-ring (bicyclic) bond motifs is 1. The molecule has 0 bridgehead atoms. The highest BCUT2D eigenvalue weighted by Gasteiger charge is 2.51.